The van der Waals surface area contributed by atoms with Gasteiger partial charge in [0.2, 0.25) is 0 Å². The maximum atomic E-state index is 12.0. The molecular weight excluding hydrogens is 290 g/mol. The van der Waals surface area contributed by atoms with Crippen LogP contribution in [-0.4, -0.2) is 39.9 Å². The van der Waals surface area contributed by atoms with Crippen LogP contribution in [-0.2, 0) is 0 Å². The zero-order chi connectivity index (χ0) is 16.7. The largest absolute Gasteiger partial charge is 0.465 e. The number of aliphatic hydroxyl groups excluding tert-OH is 1. The summed E-state index contributed by atoms with van der Waals surface area (Å²) in [6.07, 6.45) is 10.1. The molecule has 0 aliphatic heterocycles. The van der Waals surface area contributed by atoms with Crippen molar-refractivity contribution in [3.8, 4) is 0 Å². The van der Waals surface area contributed by atoms with Gasteiger partial charge in [0.05, 0.1) is 0 Å². The van der Waals surface area contributed by atoms with E-state index in [2.05, 4.69) is 13.8 Å². The van der Waals surface area contributed by atoms with Crippen molar-refractivity contribution in [2.45, 2.75) is 83.6 Å². The third-order valence-corrected chi connectivity index (χ3v) is 6.69. The van der Waals surface area contributed by atoms with Crippen molar-refractivity contribution in [1.82, 2.24) is 4.90 Å². The number of rotatable bonds is 7. The highest BCUT2D eigenvalue weighted by Gasteiger charge is 2.62. The smallest absolute Gasteiger partial charge is 0.407 e. The van der Waals surface area contributed by atoms with Gasteiger partial charge in [0.15, 0.2) is 0 Å². The second-order valence-electron chi connectivity index (χ2n) is 9.43. The fraction of sp³-hybridized carbons (Fsp3) is 0.947. The number of hydrogen-bond acceptors (Lipinski definition) is 2. The summed E-state index contributed by atoms with van der Waals surface area (Å²) >= 11 is 0. The van der Waals surface area contributed by atoms with E-state index >= 15 is 0 Å². The van der Waals surface area contributed by atoms with Crippen LogP contribution in [0.2, 0.25) is 0 Å². The fourth-order valence-corrected chi connectivity index (χ4v) is 6.96. The van der Waals surface area contributed by atoms with E-state index in [9.17, 15) is 9.90 Å². The molecule has 4 heteroatoms. The molecule has 4 rings (SSSR count). The van der Waals surface area contributed by atoms with E-state index in [-0.39, 0.29) is 12.1 Å². The van der Waals surface area contributed by atoms with Gasteiger partial charge in [0.1, 0.15) is 0 Å². The average molecular weight is 323 g/mol. The number of unbranched alkanes of at least 4 members (excludes halogenated alkanes) is 3. The molecule has 4 atom stereocenters. The first-order chi connectivity index (χ1) is 10.8. The Labute approximate surface area is 140 Å². The minimum atomic E-state index is -0.721. The van der Waals surface area contributed by atoms with Crippen molar-refractivity contribution < 1.29 is 15.0 Å². The summed E-state index contributed by atoms with van der Waals surface area (Å²) in [4.78, 5) is 13.9. The normalized spacial score (nSPS) is 41.3. The van der Waals surface area contributed by atoms with Crippen molar-refractivity contribution in [2.24, 2.45) is 16.7 Å². The van der Waals surface area contributed by atoms with Gasteiger partial charge in [-0.3, -0.25) is 0 Å². The van der Waals surface area contributed by atoms with Crippen LogP contribution in [0.25, 0.3) is 0 Å². The molecule has 0 aromatic rings. The monoisotopic (exact) mass is 323 g/mol. The van der Waals surface area contributed by atoms with E-state index in [4.69, 9.17) is 5.11 Å². The SMILES string of the molecule is C[C@]12CC3CC(N(CCCCCCO)C(=O)O)(C1)C[C@@](C)(C3)C2. The van der Waals surface area contributed by atoms with Gasteiger partial charge in [-0.05, 0) is 68.1 Å². The van der Waals surface area contributed by atoms with Gasteiger partial charge in [0, 0.05) is 18.7 Å². The van der Waals surface area contributed by atoms with Crippen LogP contribution in [0, 0.1) is 16.7 Å². The summed E-state index contributed by atoms with van der Waals surface area (Å²) in [5.74, 6) is 0.720. The van der Waals surface area contributed by atoms with Gasteiger partial charge in [-0.2, -0.15) is 0 Å². The van der Waals surface area contributed by atoms with Gasteiger partial charge >= 0.3 is 6.09 Å². The van der Waals surface area contributed by atoms with Crippen LogP contribution in [0.15, 0.2) is 0 Å². The Hall–Kier alpha value is -0.770. The molecule has 4 aliphatic rings. The van der Waals surface area contributed by atoms with Crippen molar-refractivity contribution >= 4 is 6.09 Å². The third kappa shape index (κ3) is 3.24. The Bertz CT molecular complexity index is 446. The first-order valence-electron chi connectivity index (χ1n) is 9.41. The summed E-state index contributed by atoms with van der Waals surface area (Å²) in [6, 6.07) is 0. The molecule has 0 saturated heterocycles. The molecule has 2 N–H and O–H groups in total. The molecule has 23 heavy (non-hydrogen) atoms. The third-order valence-electron chi connectivity index (χ3n) is 6.69. The molecule has 0 radical (unpaired) electrons. The number of carbonyl (C=O) groups is 1. The Balaban J connectivity index is 1.72. The topological polar surface area (TPSA) is 60.8 Å². The summed E-state index contributed by atoms with van der Waals surface area (Å²) in [6.45, 7) is 5.70. The van der Waals surface area contributed by atoms with Gasteiger partial charge in [-0.25, -0.2) is 4.79 Å². The summed E-state index contributed by atoms with van der Waals surface area (Å²) in [5.41, 5.74) is 0.587. The zero-order valence-corrected chi connectivity index (χ0v) is 14.8. The van der Waals surface area contributed by atoms with E-state index in [0.717, 1.165) is 50.9 Å². The molecule has 1 amide bonds. The highest BCUT2D eigenvalue weighted by Crippen LogP contribution is 2.67. The molecule has 0 spiro atoms. The standard InChI is InChI=1S/C19H33NO3/c1-17-9-15-10-18(2,12-17)14-19(11-15,13-17)20(16(22)23)7-5-3-4-6-8-21/h15,21H,3-14H2,1-2H3,(H,22,23)/t15?,17-,18+,19?. The Morgan fingerprint density at radius 2 is 1.61 bits per heavy atom. The Kier molecular flexibility index (Phi) is 4.41. The molecule has 0 heterocycles. The second kappa shape index (κ2) is 5.94. The second-order valence-corrected chi connectivity index (χ2v) is 9.43. The van der Waals surface area contributed by atoms with E-state index in [1.807, 2.05) is 4.90 Å². The Morgan fingerprint density at radius 3 is 2.13 bits per heavy atom. The highest BCUT2D eigenvalue weighted by molar-refractivity contribution is 5.66. The summed E-state index contributed by atoms with van der Waals surface area (Å²) in [7, 11) is 0. The summed E-state index contributed by atoms with van der Waals surface area (Å²) in [5, 5.41) is 18.8. The maximum Gasteiger partial charge on any atom is 0.407 e. The lowest BCUT2D eigenvalue weighted by atomic mass is 9.42. The van der Waals surface area contributed by atoms with E-state index in [1.165, 1.54) is 19.3 Å². The lowest BCUT2D eigenvalue weighted by molar-refractivity contribution is -0.152. The van der Waals surface area contributed by atoms with Crippen LogP contribution in [0.1, 0.15) is 78.1 Å². The van der Waals surface area contributed by atoms with Crippen LogP contribution < -0.4 is 0 Å². The van der Waals surface area contributed by atoms with Crippen LogP contribution in [0.4, 0.5) is 4.79 Å². The molecular formula is C19H33NO3. The predicted octanol–water partition coefficient (Wildman–Crippen LogP) is 4.27. The van der Waals surface area contributed by atoms with Gasteiger partial charge < -0.3 is 15.1 Å². The van der Waals surface area contributed by atoms with E-state index in [1.54, 1.807) is 0 Å². The average Bonchev–Trinajstić information content (AvgIpc) is 2.37. The Morgan fingerprint density at radius 1 is 1.00 bits per heavy atom. The van der Waals surface area contributed by atoms with Crippen molar-refractivity contribution in [3.05, 3.63) is 0 Å². The number of hydrogen-bond donors (Lipinski definition) is 2. The van der Waals surface area contributed by atoms with Crippen molar-refractivity contribution in [1.29, 1.82) is 0 Å². The number of aliphatic hydroxyl groups is 1. The molecule has 0 aromatic carbocycles. The molecule has 4 saturated carbocycles. The molecule has 4 fully saturated rings. The van der Waals surface area contributed by atoms with E-state index in [0.29, 0.717) is 17.4 Å². The predicted molar refractivity (Wildman–Crippen MR) is 90.4 cm³/mol. The molecule has 4 aliphatic carbocycles. The lowest BCUT2D eigenvalue weighted by Gasteiger charge is -2.67. The zero-order valence-electron chi connectivity index (χ0n) is 14.8. The molecule has 4 nitrogen and oxygen atoms in total. The van der Waals surface area contributed by atoms with E-state index < -0.39 is 6.09 Å². The van der Waals surface area contributed by atoms with Gasteiger partial charge in [-0.15, -0.1) is 0 Å². The van der Waals surface area contributed by atoms with Gasteiger partial charge in [-0.1, -0.05) is 26.7 Å². The van der Waals surface area contributed by atoms with Crippen molar-refractivity contribution in [2.75, 3.05) is 13.2 Å². The first-order valence-corrected chi connectivity index (χ1v) is 9.41. The first kappa shape index (κ1) is 17.1. The minimum absolute atomic E-state index is 0.105. The highest BCUT2D eigenvalue weighted by atomic mass is 16.4. The van der Waals surface area contributed by atoms with Crippen LogP contribution >= 0.6 is 0 Å². The maximum absolute atomic E-state index is 12.0. The molecule has 2 unspecified atom stereocenters. The van der Waals surface area contributed by atoms with Crippen LogP contribution in [0.5, 0.6) is 0 Å². The summed E-state index contributed by atoms with van der Waals surface area (Å²) < 4.78 is 0. The number of nitrogens with zero attached hydrogens (tertiary/aromatic N) is 1. The fourth-order valence-electron chi connectivity index (χ4n) is 6.96. The molecule has 4 bridgehead atoms. The number of amides is 1. The number of carboxylic acid groups (broad SMARTS) is 1. The van der Waals surface area contributed by atoms with Gasteiger partial charge in [0.25, 0.3) is 0 Å². The lowest BCUT2D eigenvalue weighted by Crippen LogP contribution is -2.66. The quantitative estimate of drug-likeness (QED) is 0.688. The molecule has 0 aromatic heterocycles. The minimum Gasteiger partial charge on any atom is -0.465 e. The molecule has 132 valence electrons. The van der Waals surface area contributed by atoms with Crippen LogP contribution in [0.3, 0.4) is 0 Å². The van der Waals surface area contributed by atoms with Crippen molar-refractivity contribution in [3.63, 3.8) is 0 Å².